The third-order valence-electron chi connectivity index (χ3n) is 5.19. The van der Waals surface area contributed by atoms with Crippen LogP contribution >= 0.6 is 0 Å². The van der Waals surface area contributed by atoms with Gasteiger partial charge < -0.3 is 15.1 Å². The van der Waals surface area contributed by atoms with Crippen LogP contribution in [0, 0.1) is 5.82 Å². The van der Waals surface area contributed by atoms with Crippen molar-refractivity contribution in [1.29, 1.82) is 0 Å². The number of hydrogen-bond acceptors (Lipinski definition) is 4. The summed E-state index contributed by atoms with van der Waals surface area (Å²) in [6, 6.07) is 20.6. The van der Waals surface area contributed by atoms with Crippen LogP contribution in [0.4, 0.5) is 10.1 Å². The Balaban J connectivity index is 1.49. The van der Waals surface area contributed by atoms with Crippen LogP contribution in [0.15, 0.2) is 83.4 Å². The Morgan fingerprint density at radius 3 is 2.53 bits per heavy atom. The molecule has 0 aliphatic carbocycles. The maximum atomic E-state index is 14.1. The number of anilines is 1. The normalized spacial score (nSPS) is 10.6. The molecule has 0 bridgehead atoms. The lowest BCUT2D eigenvalue weighted by molar-refractivity contribution is -0.116. The standard InChI is InChI=1S/C27H24FN3O3/c1-2-8-25(32)31-19-10-7-9-18(15-19)16-29-26(33)20-11-3-4-12-21(20)27-30-17-24(34-27)22-13-5-6-14-23(22)28/h3-7,9-15,17H,2,8,16H2,1H3,(H,29,33)(H,31,32). The zero-order chi connectivity index (χ0) is 23.9. The summed E-state index contributed by atoms with van der Waals surface area (Å²) in [6.45, 7) is 2.22. The highest BCUT2D eigenvalue weighted by atomic mass is 19.1. The van der Waals surface area contributed by atoms with Crippen LogP contribution < -0.4 is 10.6 Å². The monoisotopic (exact) mass is 457 g/mol. The summed E-state index contributed by atoms with van der Waals surface area (Å²) in [5, 5.41) is 5.75. The average Bonchev–Trinajstić information content (AvgIpc) is 3.33. The molecule has 6 nitrogen and oxygen atoms in total. The fourth-order valence-electron chi connectivity index (χ4n) is 3.54. The van der Waals surface area contributed by atoms with Crippen LogP contribution in [0.2, 0.25) is 0 Å². The SMILES string of the molecule is CCCC(=O)Nc1cccc(CNC(=O)c2ccccc2-c2ncc(-c3ccccc3F)o2)c1. The minimum absolute atomic E-state index is 0.0432. The van der Waals surface area contributed by atoms with Crippen LogP contribution in [-0.4, -0.2) is 16.8 Å². The van der Waals surface area contributed by atoms with Gasteiger partial charge in [0.2, 0.25) is 11.8 Å². The Labute approximate surface area is 196 Å². The first-order valence-electron chi connectivity index (χ1n) is 11.0. The molecule has 4 aromatic rings. The quantitative estimate of drug-likeness (QED) is 0.349. The Kier molecular flexibility index (Phi) is 7.13. The van der Waals surface area contributed by atoms with Gasteiger partial charge in [0.05, 0.1) is 17.3 Å². The zero-order valence-corrected chi connectivity index (χ0v) is 18.7. The Morgan fingerprint density at radius 2 is 1.74 bits per heavy atom. The Morgan fingerprint density at radius 1 is 0.971 bits per heavy atom. The molecule has 0 atom stereocenters. The van der Waals surface area contributed by atoms with Crippen molar-refractivity contribution in [3.05, 3.63) is 95.9 Å². The molecule has 0 unspecified atom stereocenters. The topological polar surface area (TPSA) is 84.2 Å². The highest BCUT2D eigenvalue weighted by Crippen LogP contribution is 2.29. The lowest BCUT2D eigenvalue weighted by Crippen LogP contribution is -2.23. The number of hydrogen-bond donors (Lipinski definition) is 2. The minimum atomic E-state index is -0.413. The van der Waals surface area contributed by atoms with E-state index in [0.29, 0.717) is 28.8 Å². The van der Waals surface area contributed by atoms with Crippen LogP contribution in [-0.2, 0) is 11.3 Å². The largest absolute Gasteiger partial charge is 0.436 e. The van der Waals surface area contributed by atoms with Gasteiger partial charge in [0.15, 0.2) is 5.76 Å². The number of benzene rings is 3. The number of carbonyl (C=O) groups excluding carboxylic acids is 2. The van der Waals surface area contributed by atoms with Gasteiger partial charge in [0.1, 0.15) is 5.82 Å². The fraction of sp³-hybridized carbons (Fsp3) is 0.148. The van der Waals surface area contributed by atoms with E-state index in [9.17, 15) is 14.0 Å². The Bertz CT molecular complexity index is 1320. The van der Waals surface area contributed by atoms with Crippen molar-refractivity contribution in [2.45, 2.75) is 26.3 Å². The van der Waals surface area contributed by atoms with E-state index in [4.69, 9.17) is 4.42 Å². The molecule has 1 heterocycles. The predicted octanol–water partition coefficient (Wildman–Crippen LogP) is 5.82. The molecule has 0 saturated carbocycles. The third kappa shape index (κ3) is 5.38. The predicted molar refractivity (Wildman–Crippen MR) is 128 cm³/mol. The van der Waals surface area contributed by atoms with E-state index < -0.39 is 5.82 Å². The van der Waals surface area contributed by atoms with Crippen molar-refractivity contribution in [1.82, 2.24) is 10.3 Å². The number of carbonyl (C=O) groups is 2. The van der Waals surface area contributed by atoms with E-state index in [-0.39, 0.29) is 30.0 Å². The van der Waals surface area contributed by atoms with E-state index in [0.717, 1.165) is 12.0 Å². The molecule has 2 N–H and O–H groups in total. The molecule has 2 amide bonds. The first-order chi connectivity index (χ1) is 16.5. The lowest BCUT2D eigenvalue weighted by atomic mass is 10.1. The van der Waals surface area contributed by atoms with E-state index in [2.05, 4.69) is 15.6 Å². The molecule has 34 heavy (non-hydrogen) atoms. The number of amides is 2. The molecule has 0 aliphatic rings. The van der Waals surface area contributed by atoms with E-state index >= 15 is 0 Å². The minimum Gasteiger partial charge on any atom is -0.436 e. The molecule has 0 radical (unpaired) electrons. The van der Waals surface area contributed by atoms with Gasteiger partial charge in [-0.1, -0.05) is 43.3 Å². The number of nitrogens with zero attached hydrogens (tertiary/aromatic N) is 1. The first-order valence-corrected chi connectivity index (χ1v) is 11.0. The third-order valence-corrected chi connectivity index (χ3v) is 5.19. The van der Waals surface area contributed by atoms with Crippen LogP contribution in [0.3, 0.4) is 0 Å². The van der Waals surface area contributed by atoms with Gasteiger partial charge in [0.25, 0.3) is 5.91 Å². The van der Waals surface area contributed by atoms with Crippen LogP contribution in [0.25, 0.3) is 22.8 Å². The summed E-state index contributed by atoms with van der Waals surface area (Å²) in [7, 11) is 0. The van der Waals surface area contributed by atoms with Gasteiger partial charge in [-0.15, -0.1) is 0 Å². The molecule has 3 aromatic carbocycles. The van der Waals surface area contributed by atoms with E-state index in [1.807, 2.05) is 31.2 Å². The lowest BCUT2D eigenvalue weighted by Gasteiger charge is -2.10. The molecule has 1 aromatic heterocycles. The first kappa shape index (κ1) is 22.9. The maximum absolute atomic E-state index is 14.1. The van der Waals surface area contributed by atoms with Gasteiger partial charge in [0, 0.05) is 24.2 Å². The number of nitrogens with one attached hydrogen (secondary N) is 2. The average molecular weight is 458 g/mol. The molecule has 0 spiro atoms. The van der Waals surface area contributed by atoms with Crippen molar-refractivity contribution in [2.24, 2.45) is 0 Å². The summed E-state index contributed by atoms with van der Waals surface area (Å²) < 4.78 is 19.9. The van der Waals surface area contributed by atoms with Gasteiger partial charge in [-0.25, -0.2) is 9.37 Å². The number of oxazole rings is 1. The zero-order valence-electron chi connectivity index (χ0n) is 18.7. The Hall–Kier alpha value is -4.26. The van der Waals surface area contributed by atoms with Crippen molar-refractivity contribution in [3.63, 3.8) is 0 Å². The molecule has 0 fully saturated rings. The van der Waals surface area contributed by atoms with Gasteiger partial charge in [-0.2, -0.15) is 0 Å². The second-order valence-corrected chi connectivity index (χ2v) is 7.74. The number of halogens is 1. The molecule has 7 heteroatoms. The van der Waals surface area contributed by atoms with E-state index in [1.54, 1.807) is 42.5 Å². The summed E-state index contributed by atoms with van der Waals surface area (Å²) in [5.41, 5.74) is 2.72. The second-order valence-electron chi connectivity index (χ2n) is 7.74. The van der Waals surface area contributed by atoms with Crippen molar-refractivity contribution < 1.29 is 18.4 Å². The van der Waals surface area contributed by atoms with Crippen LogP contribution in [0.1, 0.15) is 35.7 Å². The highest BCUT2D eigenvalue weighted by Gasteiger charge is 2.18. The summed E-state index contributed by atoms with van der Waals surface area (Å²) in [4.78, 5) is 29.1. The maximum Gasteiger partial charge on any atom is 0.252 e. The van der Waals surface area contributed by atoms with E-state index in [1.165, 1.54) is 12.3 Å². The van der Waals surface area contributed by atoms with Crippen molar-refractivity contribution >= 4 is 17.5 Å². The second kappa shape index (κ2) is 10.6. The van der Waals surface area contributed by atoms with Gasteiger partial charge >= 0.3 is 0 Å². The molecule has 4 rings (SSSR count). The molecule has 172 valence electrons. The molecular formula is C27H24FN3O3. The van der Waals surface area contributed by atoms with Crippen molar-refractivity contribution in [3.8, 4) is 22.8 Å². The molecular weight excluding hydrogens is 433 g/mol. The highest BCUT2D eigenvalue weighted by molar-refractivity contribution is 6.00. The summed E-state index contributed by atoms with van der Waals surface area (Å²) in [6.07, 6.45) is 2.67. The molecule has 0 aliphatic heterocycles. The number of rotatable bonds is 8. The van der Waals surface area contributed by atoms with Crippen LogP contribution in [0.5, 0.6) is 0 Å². The summed E-state index contributed by atoms with van der Waals surface area (Å²) in [5.74, 6) is -0.251. The summed E-state index contributed by atoms with van der Waals surface area (Å²) >= 11 is 0. The van der Waals surface area contributed by atoms with Gasteiger partial charge in [-0.3, -0.25) is 9.59 Å². The smallest absolute Gasteiger partial charge is 0.252 e. The van der Waals surface area contributed by atoms with Gasteiger partial charge in [-0.05, 0) is 48.4 Å². The number of aromatic nitrogens is 1. The van der Waals surface area contributed by atoms with Crippen molar-refractivity contribution in [2.75, 3.05) is 5.32 Å². The molecule has 0 saturated heterocycles. The fourth-order valence-corrected chi connectivity index (χ4v) is 3.54.